The third kappa shape index (κ3) is 4.47. The fourth-order valence-electron chi connectivity index (χ4n) is 2.65. The first-order valence-corrected chi connectivity index (χ1v) is 8.23. The van der Waals surface area contributed by atoms with Crippen molar-refractivity contribution in [3.8, 4) is 0 Å². The maximum absolute atomic E-state index is 5.08. The molecule has 0 aromatic heterocycles. The lowest BCUT2D eigenvalue weighted by Gasteiger charge is -2.33. The van der Waals surface area contributed by atoms with Crippen LogP contribution in [0.4, 0.5) is 5.69 Å². The molecule has 20 heavy (non-hydrogen) atoms. The van der Waals surface area contributed by atoms with E-state index in [-0.39, 0.29) is 0 Å². The van der Waals surface area contributed by atoms with Gasteiger partial charge in [-0.1, -0.05) is 22.9 Å². The predicted molar refractivity (Wildman–Crippen MR) is 88.3 cm³/mol. The lowest BCUT2D eigenvalue weighted by molar-refractivity contribution is 0.199. The van der Waals surface area contributed by atoms with Crippen LogP contribution in [0, 0.1) is 5.92 Å². The van der Waals surface area contributed by atoms with Crippen LogP contribution < -0.4 is 10.2 Å². The van der Waals surface area contributed by atoms with Gasteiger partial charge >= 0.3 is 0 Å². The third-order valence-electron chi connectivity index (χ3n) is 3.96. The highest BCUT2D eigenvalue weighted by molar-refractivity contribution is 9.10. The van der Waals surface area contributed by atoms with Gasteiger partial charge in [0.1, 0.15) is 0 Å². The van der Waals surface area contributed by atoms with E-state index in [1.165, 1.54) is 37.2 Å². The molecule has 112 valence electrons. The smallest absolute Gasteiger partial charge is 0.0587 e. The quantitative estimate of drug-likeness (QED) is 0.803. The molecule has 1 heterocycles. The molecule has 0 saturated carbocycles. The number of anilines is 1. The summed E-state index contributed by atoms with van der Waals surface area (Å²) in [5, 5.41) is 3.45. The van der Waals surface area contributed by atoms with Gasteiger partial charge in [0.2, 0.25) is 0 Å². The van der Waals surface area contributed by atoms with Crippen LogP contribution in [0.15, 0.2) is 22.7 Å². The topological polar surface area (TPSA) is 24.5 Å². The van der Waals surface area contributed by atoms with Crippen molar-refractivity contribution in [1.29, 1.82) is 0 Å². The van der Waals surface area contributed by atoms with Crippen molar-refractivity contribution in [2.45, 2.75) is 26.3 Å². The molecule has 1 aromatic carbocycles. The monoisotopic (exact) mass is 340 g/mol. The van der Waals surface area contributed by atoms with Gasteiger partial charge in [-0.05, 0) is 42.5 Å². The van der Waals surface area contributed by atoms with Crippen LogP contribution >= 0.6 is 15.9 Å². The number of piperidine rings is 1. The van der Waals surface area contributed by atoms with E-state index in [1.807, 2.05) is 0 Å². The molecule has 4 heteroatoms. The van der Waals surface area contributed by atoms with Gasteiger partial charge in [-0.3, -0.25) is 0 Å². The number of nitrogens with zero attached hydrogens (tertiary/aromatic N) is 1. The number of nitrogens with one attached hydrogen (secondary N) is 1. The largest absolute Gasteiger partial charge is 0.383 e. The van der Waals surface area contributed by atoms with Gasteiger partial charge in [0.05, 0.1) is 6.61 Å². The van der Waals surface area contributed by atoms with E-state index < -0.39 is 0 Å². The number of hydrogen-bond acceptors (Lipinski definition) is 3. The summed E-state index contributed by atoms with van der Waals surface area (Å²) < 4.78 is 6.23. The standard InChI is InChI=1S/C16H25BrN2O/c1-13-5-8-19(9-6-13)16-4-3-15(17)11-14(16)12-18-7-10-20-2/h3-4,11,13,18H,5-10,12H2,1-2H3. The minimum absolute atomic E-state index is 0.755. The van der Waals surface area contributed by atoms with Gasteiger partial charge in [0, 0.05) is 43.4 Å². The summed E-state index contributed by atoms with van der Waals surface area (Å²) in [5.74, 6) is 0.866. The first-order chi connectivity index (χ1) is 9.70. The molecule has 1 fully saturated rings. The van der Waals surface area contributed by atoms with Gasteiger partial charge in [0.25, 0.3) is 0 Å². The van der Waals surface area contributed by atoms with Crippen molar-refractivity contribution in [2.24, 2.45) is 5.92 Å². The molecule has 1 saturated heterocycles. The number of hydrogen-bond donors (Lipinski definition) is 1. The Balaban J connectivity index is 2.03. The minimum atomic E-state index is 0.755. The van der Waals surface area contributed by atoms with Crippen LogP contribution in [-0.2, 0) is 11.3 Å². The van der Waals surface area contributed by atoms with Crippen molar-refractivity contribution in [3.63, 3.8) is 0 Å². The molecule has 0 aliphatic carbocycles. The molecule has 0 radical (unpaired) electrons. The molecule has 0 spiro atoms. The highest BCUT2D eigenvalue weighted by Gasteiger charge is 2.18. The zero-order chi connectivity index (χ0) is 14.4. The van der Waals surface area contributed by atoms with E-state index in [0.717, 1.165) is 30.1 Å². The molecular weight excluding hydrogens is 316 g/mol. The van der Waals surface area contributed by atoms with Crippen LogP contribution in [0.1, 0.15) is 25.3 Å². The summed E-state index contributed by atoms with van der Waals surface area (Å²) >= 11 is 3.58. The van der Waals surface area contributed by atoms with E-state index in [4.69, 9.17) is 4.74 Å². The average molecular weight is 341 g/mol. The van der Waals surface area contributed by atoms with E-state index in [9.17, 15) is 0 Å². The molecule has 1 aliphatic rings. The van der Waals surface area contributed by atoms with Gasteiger partial charge in [0.15, 0.2) is 0 Å². The van der Waals surface area contributed by atoms with Crippen molar-refractivity contribution in [2.75, 3.05) is 38.3 Å². The Kier molecular flexibility index (Phi) is 6.33. The Morgan fingerprint density at radius 2 is 2.10 bits per heavy atom. The SMILES string of the molecule is COCCNCc1cc(Br)ccc1N1CCC(C)CC1. The second-order valence-corrected chi connectivity index (χ2v) is 6.53. The Labute approximate surface area is 130 Å². The Morgan fingerprint density at radius 1 is 1.35 bits per heavy atom. The van der Waals surface area contributed by atoms with E-state index >= 15 is 0 Å². The zero-order valence-electron chi connectivity index (χ0n) is 12.5. The van der Waals surface area contributed by atoms with Gasteiger partial charge in [-0.2, -0.15) is 0 Å². The molecule has 0 amide bonds. The third-order valence-corrected chi connectivity index (χ3v) is 4.46. The molecule has 0 unspecified atom stereocenters. The van der Waals surface area contributed by atoms with Crippen molar-refractivity contribution >= 4 is 21.6 Å². The Bertz CT molecular complexity index is 417. The van der Waals surface area contributed by atoms with Crippen LogP contribution in [0.25, 0.3) is 0 Å². The molecule has 0 atom stereocenters. The van der Waals surface area contributed by atoms with Gasteiger partial charge < -0.3 is 15.0 Å². The Hall–Kier alpha value is -0.580. The molecule has 1 aliphatic heterocycles. The molecule has 2 rings (SSSR count). The lowest BCUT2D eigenvalue weighted by atomic mass is 9.98. The van der Waals surface area contributed by atoms with E-state index in [0.29, 0.717) is 0 Å². The van der Waals surface area contributed by atoms with Crippen molar-refractivity contribution < 1.29 is 4.74 Å². The summed E-state index contributed by atoms with van der Waals surface area (Å²) in [7, 11) is 1.74. The fraction of sp³-hybridized carbons (Fsp3) is 0.625. The normalized spacial score (nSPS) is 16.6. The van der Waals surface area contributed by atoms with Crippen molar-refractivity contribution in [3.05, 3.63) is 28.2 Å². The van der Waals surface area contributed by atoms with Crippen LogP contribution in [0.3, 0.4) is 0 Å². The average Bonchev–Trinajstić information content (AvgIpc) is 2.45. The number of halogens is 1. The van der Waals surface area contributed by atoms with E-state index in [1.54, 1.807) is 7.11 Å². The number of methoxy groups -OCH3 is 1. The second kappa shape index (κ2) is 8.01. The molecule has 1 N–H and O–H groups in total. The summed E-state index contributed by atoms with van der Waals surface area (Å²) in [6, 6.07) is 6.62. The summed E-state index contributed by atoms with van der Waals surface area (Å²) in [6.07, 6.45) is 2.60. The maximum Gasteiger partial charge on any atom is 0.0587 e. The number of ether oxygens (including phenoxy) is 1. The Morgan fingerprint density at radius 3 is 2.80 bits per heavy atom. The summed E-state index contributed by atoms with van der Waals surface area (Å²) in [4.78, 5) is 2.53. The molecule has 0 bridgehead atoms. The summed E-state index contributed by atoms with van der Waals surface area (Å²) in [5.41, 5.74) is 2.75. The van der Waals surface area contributed by atoms with Crippen molar-refractivity contribution in [1.82, 2.24) is 5.32 Å². The van der Waals surface area contributed by atoms with Gasteiger partial charge in [-0.25, -0.2) is 0 Å². The molecule has 1 aromatic rings. The van der Waals surface area contributed by atoms with E-state index in [2.05, 4.69) is 51.3 Å². The minimum Gasteiger partial charge on any atom is -0.383 e. The van der Waals surface area contributed by atoms with Crippen LogP contribution in [-0.4, -0.2) is 33.4 Å². The number of rotatable bonds is 6. The molecular formula is C16H25BrN2O. The molecule has 3 nitrogen and oxygen atoms in total. The fourth-order valence-corrected chi connectivity index (χ4v) is 3.06. The zero-order valence-corrected chi connectivity index (χ0v) is 14.1. The van der Waals surface area contributed by atoms with Crippen LogP contribution in [0.2, 0.25) is 0 Å². The number of benzene rings is 1. The van der Waals surface area contributed by atoms with Crippen LogP contribution in [0.5, 0.6) is 0 Å². The highest BCUT2D eigenvalue weighted by Crippen LogP contribution is 2.28. The second-order valence-electron chi connectivity index (χ2n) is 5.61. The maximum atomic E-state index is 5.08. The highest BCUT2D eigenvalue weighted by atomic mass is 79.9. The summed E-state index contributed by atoms with van der Waals surface area (Å²) in [6.45, 7) is 7.24. The lowest BCUT2D eigenvalue weighted by Crippen LogP contribution is -2.34. The van der Waals surface area contributed by atoms with Gasteiger partial charge in [-0.15, -0.1) is 0 Å². The first kappa shape index (κ1) is 15.8. The predicted octanol–water partition coefficient (Wildman–Crippen LogP) is 3.42. The first-order valence-electron chi connectivity index (χ1n) is 7.43.